The quantitative estimate of drug-likeness (QED) is 0.484. The second-order valence-corrected chi connectivity index (χ2v) is 8.72. The van der Waals surface area contributed by atoms with Crippen molar-refractivity contribution in [2.75, 3.05) is 11.9 Å². The minimum Gasteiger partial charge on any atom is -0.478 e. The lowest BCUT2D eigenvalue weighted by Gasteiger charge is -2.12. The third-order valence-corrected chi connectivity index (χ3v) is 6.03. The normalized spacial score (nSPS) is 14.6. The molecule has 0 saturated carbocycles. The van der Waals surface area contributed by atoms with Crippen LogP contribution in [0.4, 0.5) is 10.5 Å². The van der Waals surface area contributed by atoms with E-state index in [1.54, 1.807) is 36.4 Å². The van der Waals surface area contributed by atoms with Crippen LogP contribution < -0.4 is 5.32 Å². The average molecular weight is 477 g/mol. The number of carbonyl (C=O) groups excluding carboxylic acids is 3. The molecule has 3 aromatic rings. The number of benzene rings is 2. The molecule has 1 aromatic heterocycles. The largest absolute Gasteiger partial charge is 0.478 e. The van der Waals surface area contributed by atoms with Crippen molar-refractivity contribution < 1.29 is 28.7 Å². The number of anilines is 1. The van der Waals surface area contributed by atoms with Crippen molar-refractivity contribution in [2.24, 2.45) is 0 Å². The van der Waals surface area contributed by atoms with Gasteiger partial charge in [0.05, 0.1) is 10.5 Å². The average Bonchev–Trinajstić information content (AvgIpc) is 3.34. The SMILES string of the molecule is Cc1cccc(NC(=O)CN2C(=O)S/C(=C\c3ccc(-c4cc(C(=O)O)ccc4C)o3)C2=O)c1. The first-order valence-corrected chi connectivity index (χ1v) is 11.1. The fraction of sp³-hybridized carbons (Fsp3) is 0.120. The molecule has 2 aromatic carbocycles. The van der Waals surface area contributed by atoms with Gasteiger partial charge in [-0.2, -0.15) is 0 Å². The molecule has 0 bridgehead atoms. The van der Waals surface area contributed by atoms with Gasteiger partial charge in [-0.05, 0) is 73.1 Å². The van der Waals surface area contributed by atoms with E-state index in [0.29, 0.717) is 22.8 Å². The van der Waals surface area contributed by atoms with Gasteiger partial charge in [-0.1, -0.05) is 18.2 Å². The summed E-state index contributed by atoms with van der Waals surface area (Å²) in [4.78, 5) is 49.7. The maximum absolute atomic E-state index is 12.7. The number of carbonyl (C=O) groups is 4. The topological polar surface area (TPSA) is 117 Å². The predicted molar refractivity (Wildman–Crippen MR) is 128 cm³/mol. The minimum absolute atomic E-state index is 0.128. The van der Waals surface area contributed by atoms with Crippen molar-refractivity contribution in [1.29, 1.82) is 0 Å². The molecule has 0 radical (unpaired) electrons. The van der Waals surface area contributed by atoms with Crippen LogP contribution >= 0.6 is 11.8 Å². The summed E-state index contributed by atoms with van der Waals surface area (Å²) < 4.78 is 5.79. The molecule has 172 valence electrons. The highest BCUT2D eigenvalue weighted by Gasteiger charge is 2.36. The number of amides is 3. The van der Waals surface area contributed by atoms with Crippen molar-refractivity contribution in [3.05, 3.63) is 82.0 Å². The first kappa shape index (κ1) is 23.1. The van der Waals surface area contributed by atoms with Crippen molar-refractivity contribution in [2.45, 2.75) is 13.8 Å². The summed E-state index contributed by atoms with van der Waals surface area (Å²) in [5, 5.41) is 11.4. The maximum Gasteiger partial charge on any atom is 0.335 e. The number of carboxylic acids is 1. The second-order valence-electron chi connectivity index (χ2n) is 7.72. The van der Waals surface area contributed by atoms with Crippen LogP contribution in [0.1, 0.15) is 27.2 Å². The molecule has 1 aliphatic rings. The van der Waals surface area contributed by atoms with Gasteiger partial charge >= 0.3 is 5.97 Å². The van der Waals surface area contributed by atoms with Crippen LogP contribution in [0.2, 0.25) is 0 Å². The van der Waals surface area contributed by atoms with Gasteiger partial charge in [0.1, 0.15) is 18.1 Å². The molecule has 2 N–H and O–H groups in total. The summed E-state index contributed by atoms with van der Waals surface area (Å²) in [7, 11) is 0. The highest BCUT2D eigenvalue weighted by molar-refractivity contribution is 8.18. The van der Waals surface area contributed by atoms with E-state index in [9.17, 15) is 24.3 Å². The minimum atomic E-state index is -1.05. The van der Waals surface area contributed by atoms with E-state index in [1.165, 1.54) is 18.2 Å². The summed E-state index contributed by atoms with van der Waals surface area (Å²) in [6.45, 7) is 3.32. The monoisotopic (exact) mass is 476 g/mol. The first-order valence-electron chi connectivity index (χ1n) is 10.3. The van der Waals surface area contributed by atoms with Gasteiger partial charge in [0.2, 0.25) is 5.91 Å². The Hall–Kier alpha value is -4.11. The molecule has 0 aliphatic carbocycles. The summed E-state index contributed by atoms with van der Waals surface area (Å²) in [5.74, 6) is -1.36. The Morgan fingerprint density at radius 3 is 2.62 bits per heavy atom. The lowest BCUT2D eigenvalue weighted by Crippen LogP contribution is -2.36. The molecule has 8 nitrogen and oxygen atoms in total. The van der Waals surface area contributed by atoms with Crippen LogP contribution in [0, 0.1) is 13.8 Å². The molecule has 1 fully saturated rings. The van der Waals surface area contributed by atoms with E-state index in [4.69, 9.17) is 4.42 Å². The zero-order valence-corrected chi connectivity index (χ0v) is 19.1. The number of furan rings is 1. The predicted octanol–water partition coefficient (Wildman–Crippen LogP) is 4.94. The Bertz CT molecular complexity index is 1360. The highest BCUT2D eigenvalue weighted by Crippen LogP contribution is 2.34. The van der Waals surface area contributed by atoms with E-state index in [2.05, 4.69) is 5.32 Å². The molecule has 4 rings (SSSR count). The maximum atomic E-state index is 12.7. The van der Waals surface area contributed by atoms with Crippen molar-refractivity contribution in [1.82, 2.24) is 4.90 Å². The highest BCUT2D eigenvalue weighted by atomic mass is 32.2. The third-order valence-electron chi connectivity index (χ3n) is 5.13. The van der Waals surface area contributed by atoms with Gasteiger partial charge in [0.15, 0.2) is 0 Å². The van der Waals surface area contributed by atoms with E-state index in [0.717, 1.165) is 27.8 Å². The number of thioether (sulfide) groups is 1. The van der Waals surface area contributed by atoms with Crippen LogP contribution in [0.3, 0.4) is 0 Å². The number of nitrogens with zero attached hydrogens (tertiary/aromatic N) is 1. The van der Waals surface area contributed by atoms with Crippen LogP contribution in [-0.4, -0.2) is 39.6 Å². The summed E-state index contributed by atoms with van der Waals surface area (Å²) in [5.41, 5.74) is 3.11. The van der Waals surface area contributed by atoms with E-state index >= 15 is 0 Å². The lowest BCUT2D eigenvalue weighted by molar-refractivity contribution is -0.127. The Labute approximate surface area is 199 Å². The van der Waals surface area contributed by atoms with Gasteiger partial charge in [0.25, 0.3) is 11.1 Å². The number of hydrogen-bond acceptors (Lipinski definition) is 6. The molecule has 34 heavy (non-hydrogen) atoms. The standard InChI is InChI=1S/C25H20N2O6S/c1-14-4-3-5-17(10-14)26-22(28)13-27-23(29)21(34-25(27)32)12-18-8-9-20(33-18)19-11-16(24(30)31)7-6-15(19)2/h3-12H,13H2,1-2H3,(H,26,28)(H,30,31)/b21-12-. The van der Waals surface area contributed by atoms with Crippen LogP contribution in [0.5, 0.6) is 0 Å². The second kappa shape index (κ2) is 9.40. The smallest absolute Gasteiger partial charge is 0.335 e. The van der Waals surface area contributed by atoms with E-state index in [-0.39, 0.29) is 10.5 Å². The van der Waals surface area contributed by atoms with E-state index < -0.39 is 29.6 Å². The molecular weight excluding hydrogens is 456 g/mol. The third kappa shape index (κ3) is 4.94. The molecule has 1 saturated heterocycles. The van der Waals surface area contributed by atoms with Gasteiger partial charge in [0, 0.05) is 17.3 Å². The molecule has 0 unspecified atom stereocenters. The van der Waals surface area contributed by atoms with Crippen molar-refractivity contribution in [3.8, 4) is 11.3 Å². The van der Waals surface area contributed by atoms with Gasteiger partial charge in [-0.3, -0.25) is 19.3 Å². The molecule has 3 amide bonds. The number of nitrogens with one attached hydrogen (secondary N) is 1. The van der Waals surface area contributed by atoms with E-state index in [1.807, 2.05) is 19.9 Å². The van der Waals surface area contributed by atoms with Gasteiger partial charge in [-0.15, -0.1) is 0 Å². The molecule has 1 aliphatic heterocycles. The van der Waals surface area contributed by atoms with Crippen LogP contribution in [0.25, 0.3) is 17.4 Å². The number of rotatable bonds is 6. The number of imide groups is 1. The Balaban J connectivity index is 1.49. The number of aryl methyl sites for hydroxylation is 2. The summed E-state index contributed by atoms with van der Waals surface area (Å²) in [6, 6.07) is 15.2. The zero-order chi connectivity index (χ0) is 24.4. The molecule has 2 heterocycles. The van der Waals surface area contributed by atoms with Crippen LogP contribution in [-0.2, 0) is 9.59 Å². The van der Waals surface area contributed by atoms with Gasteiger partial charge < -0.3 is 14.8 Å². The number of hydrogen-bond donors (Lipinski definition) is 2. The Morgan fingerprint density at radius 2 is 1.88 bits per heavy atom. The number of aromatic carboxylic acids is 1. The first-order chi connectivity index (χ1) is 16.2. The fourth-order valence-electron chi connectivity index (χ4n) is 3.43. The van der Waals surface area contributed by atoms with Crippen molar-refractivity contribution >= 4 is 46.5 Å². The Morgan fingerprint density at radius 1 is 1.09 bits per heavy atom. The molecular formula is C25H20N2O6S. The fourth-order valence-corrected chi connectivity index (χ4v) is 4.25. The van der Waals surface area contributed by atoms with Crippen LogP contribution in [0.15, 0.2) is 63.9 Å². The van der Waals surface area contributed by atoms with Crippen molar-refractivity contribution in [3.63, 3.8) is 0 Å². The number of carboxylic acid groups (broad SMARTS) is 1. The van der Waals surface area contributed by atoms with Gasteiger partial charge in [-0.25, -0.2) is 4.79 Å². The molecule has 0 atom stereocenters. The molecule has 9 heteroatoms. The summed E-state index contributed by atoms with van der Waals surface area (Å²) >= 11 is 0.723. The lowest BCUT2D eigenvalue weighted by atomic mass is 10.0. The zero-order valence-electron chi connectivity index (χ0n) is 18.3. The molecule has 0 spiro atoms. The summed E-state index contributed by atoms with van der Waals surface area (Å²) in [6.07, 6.45) is 1.43. The Kier molecular flexibility index (Phi) is 6.38.